The Labute approximate surface area is 78.6 Å². The first-order valence-electron chi connectivity index (χ1n) is 4.26. The summed E-state index contributed by atoms with van der Waals surface area (Å²) in [5.41, 5.74) is 3.75. The number of nitrogens with one attached hydrogen (secondary N) is 2. The van der Waals surface area contributed by atoms with Gasteiger partial charge in [0, 0.05) is 6.54 Å². The summed E-state index contributed by atoms with van der Waals surface area (Å²) in [5, 5.41) is 3.05. The molecule has 0 saturated carbocycles. The second-order valence-corrected chi connectivity index (χ2v) is 2.79. The van der Waals surface area contributed by atoms with Crippen LogP contribution in [0.25, 0.3) is 0 Å². The van der Waals surface area contributed by atoms with E-state index in [2.05, 4.69) is 29.5 Å². The Bertz CT molecular complexity index is 256. The normalized spacial score (nSPS) is 9.31. The average molecular weight is 177 g/mol. The predicted octanol–water partition coefficient (Wildman–Crippen LogP) is 0.753. The monoisotopic (exact) mass is 177 g/mol. The van der Waals surface area contributed by atoms with Crippen LogP contribution in [0.2, 0.25) is 0 Å². The molecule has 0 saturated heterocycles. The molecule has 0 amide bonds. The lowest BCUT2D eigenvalue weighted by atomic mass is 10.1. The Balaban J connectivity index is 2.24. The quantitative estimate of drug-likeness (QED) is 0.459. The molecular weight excluding hydrogens is 162 g/mol. The molecule has 70 valence electrons. The zero-order chi connectivity index (χ0) is 9.52. The molecule has 0 heterocycles. The lowest BCUT2D eigenvalue weighted by Crippen LogP contribution is -2.31. The zero-order valence-electron chi connectivity index (χ0n) is 7.59. The second kappa shape index (κ2) is 5.22. The fourth-order valence-electron chi connectivity index (χ4n) is 1.05. The molecule has 0 aliphatic rings. The van der Waals surface area contributed by atoms with Gasteiger partial charge in [-0.05, 0) is 12.0 Å². The summed E-state index contributed by atoms with van der Waals surface area (Å²) < 4.78 is 0. The van der Waals surface area contributed by atoms with Gasteiger partial charge >= 0.3 is 0 Å². The first-order valence-corrected chi connectivity index (χ1v) is 4.26. The highest BCUT2D eigenvalue weighted by atomic mass is 15.3. The van der Waals surface area contributed by atoms with E-state index in [-0.39, 0.29) is 0 Å². The number of hydrogen-bond donors (Lipinski definition) is 3. The van der Waals surface area contributed by atoms with Crippen molar-refractivity contribution in [1.29, 1.82) is 0 Å². The summed E-state index contributed by atoms with van der Waals surface area (Å²) in [5.74, 6) is 5.79. The Hall–Kier alpha value is -1.48. The molecule has 3 heteroatoms. The van der Waals surface area contributed by atoms with Crippen molar-refractivity contribution in [2.24, 2.45) is 5.84 Å². The minimum absolute atomic E-state index is 0.649. The van der Waals surface area contributed by atoms with Crippen molar-refractivity contribution in [1.82, 2.24) is 10.7 Å². The summed E-state index contributed by atoms with van der Waals surface area (Å²) in [4.78, 5) is 0. The van der Waals surface area contributed by atoms with E-state index in [4.69, 9.17) is 5.84 Å². The second-order valence-electron chi connectivity index (χ2n) is 2.79. The van der Waals surface area contributed by atoms with E-state index in [1.165, 1.54) is 5.56 Å². The maximum absolute atomic E-state index is 5.14. The molecule has 4 N–H and O–H groups in total. The first kappa shape index (κ1) is 9.61. The highest BCUT2D eigenvalue weighted by Crippen LogP contribution is 1.98. The van der Waals surface area contributed by atoms with Gasteiger partial charge in [-0.25, -0.2) is 5.84 Å². The molecule has 1 aromatic rings. The van der Waals surface area contributed by atoms with Crippen LogP contribution in [0, 0.1) is 0 Å². The van der Waals surface area contributed by atoms with Crippen molar-refractivity contribution in [3.05, 3.63) is 48.3 Å². The molecule has 1 aromatic carbocycles. The van der Waals surface area contributed by atoms with Crippen molar-refractivity contribution in [3.63, 3.8) is 0 Å². The molecule has 0 radical (unpaired) electrons. The zero-order valence-corrected chi connectivity index (χ0v) is 7.59. The Morgan fingerprint density at radius 1 is 1.31 bits per heavy atom. The largest absolute Gasteiger partial charge is 0.371 e. The maximum atomic E-state index is 5.14. The van der Waals surface area contributed by atoms with Crippen LogP contribution in [0.5, 0.6) is 0 Å². The van der Waals surface area contributed by atoms with Gasteiger partial charge in [0.1, 0.15) is 5.82 Å². The number of rotatable bonds is 5. The molecule has 1 rings (SSSR count). The van der Waals surface area contributed by atoms with Crippen molar-refractivity contribution in [3.8, 4) is 0 Å². The number of hydrogen-bond acceptors (Lipinski definition) is 3. The van der Waals surface area contributed by atoms with Gasteiger partial charge in [-0.1, -0.05) is 36.9 Å². The van der Waals surface area contributed by atoms with Gasteiger partial charge in [0.2, 0.25) is 0 Å². The van der Waals surface area contributed by atoms with Crippen molar-refractivity contribution < 1.29 is 0 Å². The van der Waals surface area contributed by atoms with Crippen molar-refractivity contribution >= 4 is 0 Å². The van der Waals surface area contributed by atoms with Crippen LogP contribution in [0.4, 0.5) is 0 Å². The molecule has 0 bridgehead atoms. The Morgan fingerprint density at radius 2 is 2.00 bits per heavy atom. The van der Waals surface area contributed by atoms with Gasteiger partial charge in [0.15, 0.2) is 0 Å². The molecule has 0 aliphatic carbocycles. The van der Waals surface area contributed by atoms with Crippen molar-refractivity contribution in [2.45, 2.75) is 6.42 Å². The number of hydrazine groups is 1. The number of benzene rings is 1. The topological polar surface area (TPSA) is 50.1 Å². The Kier molecular flexibility index (Phi) is 3.85. The lowest BCUT2D eigenvalue weighted by Gasteiger charge is -2.07. The van der Waals surface area contributed by atoms with Crippen LogP contribution in [0.15, 0.2) is 42.7 Å². The highest BCUT2D eigenvalue weighted by Gasteiger charge is 1.91. The van der Waals surface area contributed by atoms with E-state index < -0.39 is 0 Å². The molecule has 0 spiro atoms. The lowest BCUT2D eigenvalue weighted by molar-refractivity contribution is 0.704. The third kappa shape index (κ3) is 3.62. The third-order valence-corrected chi connectivity index (χ3v) is 1.77. The third-order valence-electron chi connectivity index (χ3n) is 1.77. The summed E-state index contributed by atoms with van der Waals surface area (Å²) in [6.07, 6.45) is 0.974. The summed E-state index contributed by atoms with van der Waals surface area (Å²) >= 11 is 0. The maximum Gasteiger partial charge on any atom is 0.105 e. The molecule has 0 atom stereocenters. The van der Waals surface area contributed by atoms with E-state index in [1.807, 2.05) is 18.2 Å². The van der Waals surface area contributed by atoms with Gasteiger partial charge in [0.05, 0.1) is 0 Å². The van der Waals surface area contributed by atoms with E-state index >= 15 is 0 Å². The summed E-state index contributed by atoms with van der Waals surface area (Å²) in [6, 6.07) is 10.3. The predicted molar refractivity (Wildman–Crippen MR) is 54.6 cm³/mol. The first-order chi connectivity index (χ1) is 6.33. The fraction of sp³-hybridized carbons (Fsp3) is 0.200. The molecule has 13 heavy (non-hydrogen) atoms. The standard InChI is InChI=1S/C10H15N3/c1-9(13-11)12-8-7-10-5-3-2-4-6-10/h2-6,12-13H,1,7-8,11H2. The highest BCUT2D eigenvalue weighted by molar-refractivity contribution is 5.15. The fourth-order valence-corrected chi connectivity index (χ4v) is 1.05. The smallest absolute Gasteiger partial charge is 0.105 e. The van der Waals surface area contributed by atoms with Gasteiger partial charge in [-0.3, -0.25) is 0 Å². The van der Waals surface area contributed by atoms with Crippen LogP contribution in [-0.2, 0) is 6.42 Å². The van der Waals surface area contributed by atoms with E-state index in [9.17, 15) is 0 Å². The molecular formula is C10H15N3. The number of nitrogens with two attached hydrogens (primary N) is 1. The molecule has 0 aliphatic heterocycles. The van der Waals surface area contributed by atoms with Crippen LogP contribution in [0.3, 0.4) is 0 Å². The van der Waals surface area contributed by atoms with E-state index in [0.717, 1.165) is 13.0 Å². The van der Waals surface area contributed by atoms with Crippen LogP contribution in [-0.4, -0.2) is 6.54 Å². The van der Waals surface area contributed by atoms with Crippen LogP contribution in [0.1, 0.15) is 5.56 Å². The van der Waals surface area contributed by atoms with Crippen LogP contribution < -0.4 is 16.6 Å². The molecule has 3 nitrogen and oxygen atoms in total. The SMILES string of the molecule is C=C(NN)NCCc1ccccc1. The minimum Gasteiger partial charge on any atom is -0.371 e. The molecule has 0 unspecified atom stereocenters. The van der Waals surface area contributed by atoms with Crippen molar-refractivity contribution in [2.75, 3.05) is 6.54 Å². The summed E-state index contributed by atoms with van der Waals surface area (Å²) in [7, 11) is 0. The van der Waals surface area contributed by atoms with Gasteiger partial charge in [-0.2, -0.15) is 0 Å². The Morgan fingerprint density at radius 3 is 2.62 bits per heavy atom. The van der Waals surface area contributed by atoms with Gasteiger partial charge < -0.3 is 10.7 Å². The molecule has 0 aromatic heterocycles. The summed E-state index contributed by atoms with van der Waals surface area (Å²) in [6.45, 7) is 4.50. The van der Waals surface area contributed by atoms with E-state index in [0.29, 0.717) is 5.82 Å². The average Bonchev–Trinajstić information content (AvgIpc) is 2.19. The van der Waals surface area contributed by atoms with Gasteiger partial charge in [-0.15, -0.1) is 0 Å². The molecule has 0 fully saturated rings. The van der Waals surface area contributed by atoms with E-state index in [1.54, 1.807) is 0 Å². The van der Waals surface area contributed by atoms with Gasteiger partial charge in [0.25, 0.3) is 0 Å². The minimum atomic E-state index is 0.649. The van der Waals surface area contributed by atoms with Crippen LogP contribution >= 0.6 is 0 Å².